The highest BCUT2D eigenvalue weighted by molar-refractivity contribution is 6.05. The smallest absolute Gasteiger partial charge is 0.362 e. The third kappa shape index (κ3) is 1.47. The lowest BCUT2D eigenvalue weighted by molar-refractivity contribution is 0.468. The number of hydrogen-bond acceptors (Lipinski definition) is 4. The number of benzene rings is 1. The van der Waals surface area contributed by atoms with Gasteiger partial charge in [0.05, 0.1) is 5.69 Å². The van der Waals surface area contributed by atoms with Crippen LogP contribution in [-0.2, 0) is 6.54 Å². The molecule has 0 amide bonds. The Balaban J connectivity index is 2.65. The molecule has 0 bridgehead atoms. The fourth-order valence-electron chi connectivity index (χ4n) is 2.49. The average Bonchev–Trinajstić information content (AvgIpc) is 2.73. The first kappa shape index (κ1) is 11.8. The standard InChI is InChI=1S/C14H14N2O3/c1-4-16-12-11(8(3)15-16)9-5-6-10(17)7(2)13(9)19-14(12)18/h5-6,17H,4H2,1-3H3. The van der Waals surface area contributed by atoms with Crippen LogP contribution < -0.4 is 5.63 Å². The van der Waals surface area contributed by atoms with Gasteiger partial charge < -0.3 is 9.52 Å². The Morgan fingerprint density at radius 2 is 2.11 bits per heavy atom. The Kier molecular flexibility index (Phi) is 2.38. The van der Waals surface area contributed by atoms with Crippen molar-refractivity contribution in [3.05, 3.63) is 33.8 Å². The summed E-state index contributed by atoms with van der Waals surface area (Å²) in [5.74, 6) is 0.121. The molecule has 98 valence electrons. The second-order valence-electron chi connectivity index (χ2n) is 4.60. The SMILES string of the molecule is CCn1nc(C)c2c3ccc(O)c(C)c3oc(=O)c21. The molecule has 5 nitrogen and oxygen atoms in total. The van der Waals surface area contributed by atoms with E-state index in [4.69, 9.17) is 4.42 Å². The molecule has 19 heavy (non-hydrogen) atoms. The van der Waals surface area contributed by atoms with Crippen LogP contribution in [-0.4, -0.2) is 14.9 Å². The summed E-state index contributed by atoms with van der Waals surface area (Å²) in [5, 5.41) is 15.7. The molecule has 2 aromatic heterocycles. The van der Waals surface area contributed by atoms with E-state index in [-0.39, 0.29) is 5.75 Å². The molecule has 0 aliphatic rings. The van der Waals surface area contributed by atoms with E-state index in [1.807, 2.05) is 13.8 Å². The lowest BCUT2D eigenvalue weighted by Gasteiger charge is -2.04. The zero-order chi connectivity index (χ0) is 13.7. The Morgan fingerprint density at radius 3 is 2.79 bits per heavy atom. The fourth-order valence-corrected chi connectivity index (χ4v) is 2.49. The van der Waals surface area contributed by atoms with Crippen molar-refractivity contribution in [2.24, 2.45) is 0 Å². The van der Waals surface area contributed by atoms with E-state index >= 15 is 0 Å². The summed E-state index contributed by atoms with van der Waals surface area (Å²) in [6.45, 7) is 6.14. The summed E-state index contributed by atoms with van der Waals surface area (Å²) >= 11 is 0. The fraction of sp³-hybridized carbons (Fsp3) is 0.286. The van der Waals surface area contributed by atoms with Crippen molar-refractivity contribution in [1.82, 2.24) is 9.78 Å². The van der Waals surface area contributed by atoms with Gasteiger partial charge in [-0.2, -0.15) is 5.10 Å². The molecule has 0 radical (unpaired) electrons. The number of hydrogen-bond donors (Lipinski definition) is 1. The molecule has 3 rings (SSSR count). The molecule has 1 aromatic carbocycles. The maximum Gasteiger partial charge on any atom is 0.362 e. The van der Waals surface area contributed by atoms with Gasteiger partial charge in [0.1, 0.15) is 11.3 Å². The second kappa shape index (κ2) is 3.85. The van der Waals surface area contributed by atoms with Crippen molar-refractivity contribution in [3.63, 3.8) is 0 Å². The number of phenols is 1. The molecule has 0 saturated carbocycles. The monoisotopic (exact) mass is 258 g/mol. The molecule has 5 heteroatoms. The van der Waals surface area contributed by atoms with Gasteiger partial charge in [-0.25, -0.2) is 4.79 Å². The van der Waals surface area contributed by atoms with Gasteiger partial charge in [0.2, 0.25) is 0 Å². The van der Waals surface area contributed by atoms with Crippen molar-refractivity contribution in [1.29, 1.82) is 0 Å². The number of aryl methyl sites for hydroxylation is 3. The average molecular weight is 258 g/mol. The summed E-state index contributed by atoms with van der Waals surface area (Å²) in [4.78, 5) is 12.1. The van der Waals surface area contributed by atoms with Crippen LogP contribution in [0.3, 0.4) is 0 Å². The van der Waals surface area contributed by atoms with E-state index in [9.17, 15) is 9.90 Å². The van der Waals surface area contributed by atoms with Gasteiger partial charge in [-0.3, -0.25) is 4.68 Å². The van der Waals surface area contributed by atoms with E-state index < -0.39 is 5.63 Å². The maximum atomic E-state index is 12.1. The van der Waals surface area contributed by atoms with Gasteiger partial charge >= 0.3 is 5.63 Å². The number of phenolic OH excluding ortho intramolecular Hbond substituents is 1. The first-order chi connectivity index (χ1) is 9.04. The van der Waals surface area contributed by atoms with Gasteiger partial charge in [0, 0.05) is 22.9 Å². The molecule has 2 heterocycles. The molecule has 1 N–H and O–H groups in total. The van der Waals surface area contributed by atoms with Crippen LogP contribution in [0.1, 0.15) is 18.2 Å². The van der Waals surface area contributed by atoms with E-state index in [1.165, 1.54) is 0 Å². The van der Waals surface area contributed by atoms with Crippen LogP contribution in [0.2, 0.25) is 0 Å². The molecule has 3 aromatic rings. The van der Waals surface area contributed by atoms with Crippen molar-refractivity contribution >= 4 is 21.9 Å². The minimum atomic E-state index is -0.418. The lowest BCUT2D eigenvalue weighted by atomic mass is 10.1. The topological polar surface area (TPSA) is 68.3 Å². The summed E-state index contributed by atoms with van der Waals surface area (Å²) < 4.78 is 7.02. The highest BCUT2D eigenvalue weighted by atomic mass is 16.4. The predicted octanol–water partition coefficient (Wildman–Crippen LogP) is 2.49. The van der Waals surface area contributed by atoms with Gasteiger partial charge in [-0.15, -0.1) is 0 Å². The van der Waals surface area contributed by atoms with Crippen LogP contribution in [0.25, 0.3) is 21.9 Å². The zero-order valence-corrected chi connectivity index (χ0v) is 11.0. The zero-order valence-electron chi connectivity index (χ0n) is 11.0. The number of fused-ring (bicyclic) bond motifs is 3. The molecule has 0 fully saturated rings. The third-order valence-corrected chi connectivity index (χ3v) is 3.46. The van der Waals surface area contributed by atoms with Gasteiger partial charge in [-0.1, -0.05) is 0 Å². The Hall–Kier alpha value is -2.30. The van der Waals surface area contributed by atoms with Crippen molar-refractivity contribution in [2.45, 2.75) is 27.3 Å². The summed E-state index contributed by atoms with van der Waals surface area (Å²) in [5.41, 5.74) is 1.85. The highest BCUT2D eigenvalue weighted by Crippen LogP contribution is 2.31. The first-order valence-corrected chi connectivity index (χ1v) is 6.17. The Morgan fingerprint density at radius 1 is 1.37 bits per heavy atom. The van der Waals surface area contributed by atoms with Crippen molar-refractivity contribution in [3.8, 4) is 5.75 Å². The normalized spacial score (nSPS) is 11.5. The van der Waals surface area contributed by atoms with Crippen LogP contribution >= 0.6 is 0 Å². The molecular weight excluding hydrogens is 244 g/mol. The van der Waals surface area contributed by atoms with Crippen LogP contribution in [0, 0.1) is 13.8 Å². The lowest BCUT2D eigenvalue weighted by Crippen LogP contribution is -2.07. The van der Waals surface area contributed by atoms with Crippen LogP contribution in [0.5, 0.6) is 5.75 Å². The maximum absolute atomic E-state index is 12.1. The van der Waals surface area contributed by atoms with E-state index in [0.29, 0.717) is 23.2 Å². The number of rotatable bonds is 1. The summed E-state index contributed by atoms with van der Waals surface area (Å²) in [6, 6.07) is 3.37. The minimum absolute atomic E-state index is 0.121. The minimum Gasteiger partial charge on any atom is -0.508 e. The third-order valence-electron chi connectivity index (χ3n) is 3.46. The summed E-state index contributed by atoms with van der Waals surface area (Å²) in [7, 11) is 0. The van der Waals surface area contributed by atoms with E-state index in [0.717, 1.165) is 16.5 Å². The predicted molar refractivity (Wildman–Crippen MR) is 72.6 cm³/mol. The van der Waals surface area contributed by atoms with E-state index in [1.54, 1.807) is 23.7 Å². The van der Waals surface area contributed by atoms with Crippen molar-refractivity contribution in [2.75, 3.05) is 0 Å². The molecule has 0 atom stereocenters. The van der Waals surface area contributed by atoms with Crippen LogP contribution in [0.4, 0.5) is 0 Å². The number of aromatic hydroxyl groups is 1. The van der Waals surface area contributed by atoms with E-state index in [2.05, 4.69) is 5.10 Å². The molecule has 0 spiro atoms. The molecule has 0 aliphatic carbocycles. The van der Waals surface area contributed by atoms with Gasteiger partial charge in [0.25, 0.3) is 0 Å². The van der Waals surface area contributed by atoms with Crippen molar-refractivity contribution < 1.29 is 9.52 Å². The molecule has 0 saturated heterocycles. The Labute approximate surface area is 109 Å². The summed E-state index contributed by atoms with van der Waals surface area (Å²) in [6.07, 6.45) is 0. The first-order valence-electron chi connectivity index (χ1n) is 6.17. The number of nitrogens with zero attached hydrogens (tertiary/aromatic N) is 2. The number of aromatic nitrogens is 2. The van der Waals surface area contributed by atoms with Gasteiger partial charge in [0.15, 0.2) is 5.52 Å². The van der Waals surface area contributed by atoms with Crippen LogP contribution in [0.15, 0.2) is 21.3 Å². The molecule has 0 unspecified atom stereocenters. The quantitative estimate of drug-likeness (QED) is 0.681. The second-order valence-corrected chi connectivity index (χ2v) is 4.60. The molecular formula is C14H14N2O3. The van der Waals surface area contributed by atoms with Gasteiger partial charge in [-0.05, 0) is 32.9 Å². The largest absolute Gasteiger partial charge is 0.508 e. The highest BCUT2D eigenvalue weighted by Gasteiger charge is 2.17. The Bertz CT molecular complexity index is 859. The molecule has 0 aliphatic heterocycles.